The molecule has 0 fully saturated rings. The molecule has 1 nitrogen and oxygen atoms in total. The van der Waals surface area contributed by atoms with Gasteiger partial charge in [-0.15, -0.1) is 0 Å². The first-order chi connectivity index (χ1) is 17.0. The molecule has 0 bridgehead atoms. The second kappa shape index (κ2) is 9.90. The maximum Gasteiger partial charge on any atom is 0.0693 e. The maximum atomic E-state index is 4.02. The Labute approximate surface area is 221 Å². The van der Waals surface area contributed by atoms with E-state index in [4.69, 9.17) is 0 Å². The molecule has 1 atom stereocenters. The summed E-state index contributed by atoms with van der Waals surface area (Å²) >= 11 is 0. The first-order valence-electron chi connectivity index (χ1n) is 13.4. The Balaban J connectivity index is 2.24. The van der Waals surface area contributed by atoms with E-state index in [9.17, 15) is 0 Å². The fraction of sp³-hybridized carbons (Fsp3) is 0.353. The number of hydrogen-bond acceptors (Lipinski definition) is 1. The summed E-state index contributed by atoms with van der Waals surface area (Å²) < 4.78 is 0. The van der Waals surface area contributed by atoms with Gasteiger partial charge in [0.15, 0.2) is 0 Å². The number of rotatable bonds is 6. The highest BCUT2D eigenvalue weighted by atomic mass is 28.3. The van der Waals surface area contributed by atoms with Crippen LogP contribution in [0.25, 0.3) is 0 Å². The molecule has 0 aliphatic heterocycles. The summed E-state index contributed by atoms with van der Waals surface area (Å²) in [5.41, 5.74) is 10.8. The van der Waals surface area contributed by atoms with E-state index in [1.54, 1.807) is 0 Å². The largest absolute Gasteiger partial charge is 0.380 e. The van der Waals surface area contributed by atoms with Crippen molar-refractivity contribution in [2.75, 3.05) is 5.32 Å². The van der Waals surface area contributed by atoms with Crippen LogP contribution in [0.5, 0.6) is 0 Å². The van der Waals surface area contributed by atoms with E-state index in [1.807, 2.05) is 0 Å². The van der Waals surface area contributed by atoms with Crippen LogP contribution in [0.2, 0.25) is 13.1 Å². The van der Waals surface area contributed by atoms with E-state index in [-0.39, 0.29) is 5.54 Å². The lowest BCUT2D eigenvalue weighted by molar-refractivity contribution is 0.611. The quantitative estimate of drug-likeness (QED) is 0.269. The van der Waals surface area contributed by atoms with Crippen LogP contribution < -0.4 is 10.5 Å². The fourth-order valence-corrected chi connectivity index (χ4v) is 7.46. The van der Waals surface area contributed by atoms with Crippen LogP contribution in [0.15, 0.2) is 101 Å². The zero-order valence-corrected chi connectivity index (χ0v) is 24.8. The van der Waals surface area contributed by atoms with E-state index in [0.29, 0.717) is 5.92 Å². The molecule has 188 valence electrons. The minimum Gasteiger partial charge on any atom is -0.380 e. The standard InChI is InChI=1S/C34H43NSi/c1-23-24(2)26(4)31(25(23)3)34(27-17-12-10-13-18-27,28-19-14-11-15-20-28)29-21-16-22-30(36(8)9)32(29)35-33(5,6)7/h10-22,25,35-36H,1-9H3. The van der Waals surface area contributed by atoms with Gasteiger partial charge < -0.3 is 5.32 Å². The summed E-state index contributed by atoms with van der Waals surface area (Å²) in [6.07, 6.45) is 0. The molecule has 1 unspecified atom stereocenters. The predicted molar refractivity (Wildman–Crippen MR) is 161 cm³/mol. The summed E-state index contributed by atoms with van der Waals surface area (Å²) in [5, 5.41) is 5.52. The minimum atomic E-state index is -1.12. The molecule has 0 heterocycles. The number of nitrogens with one attached hydrogen (secondary N) is 1. The van der Waals surface area contributed by atoms with Crippen LogP contribution in [0.3, 0.4) is 0 Å². The Morgan fingerprint density at radius 3 is 1.64 bits per heavy atom. The first kappa shape index (κ1) is 26.2. The summed E-state index contributed by atoms with van der Waals surface area (Å²) in [7, 11) is -1.12. The topological polar surface area (TPSA) is 12.0 Å². The number of anilines is 1. The van der Waals surface area contributed by atoms with Gasteiger partial charge in [0.25, 0.3) is 0 Å². The van der Waals surface area contributed by atoms with Gasteiger partial charge >= 0.3 is 0 Å². The summed E-state index contributed by atoms with van der Waals surface area (Å²) in [6, 6.07) is 29.5. The van der Waals surface area contributed by atoms with Crippen LogP contribution in [-0.2, 0) is 5.41 Å². The Morgan fingerprint density at radius 1 is 0.694 bits per heavy atom. The first-order valence-corrected chi connectivity index (χ1v) is 16.3. The average Bonchev–Trinajstić information content (AvgIpc) is 3.04. The molecule has 1 aliphatic rings. The smallest absolute Gasteiger partial charge is 0.0693 e. The second-order valence-corrected chi connectivity index (χ2v) is 14.8. The summed E-state index contributed by atoms with van der Waals surface area (Å²) in [6.45, 7) is 21.1. The van der Waals surface area contributed by atoms with Crippen molar-refractivity contribution < 1.29 is 0 Å². The zero-order chi connectivity index (χ0) is 26.3. The number of benzene rings is 3. The van der Waals surface area contributed by atoms with Gasteiger partial charge in [-0.3, -0.25) is 0 Å². The van der Waals surface area contributed by atoms with Crippen molar-refractivity contribution in [1.82, 2.24) is 0 Å². The molecule has 0 spiro atoms. The van der Waals surface area contributed by atoms with Gasteiger partial charge in [-0.2, -0.15) is 0 Å². The molecule has 0 saturated carbocycles. The van der Waals surface area contributed by atoms with Crippen molar-refractivity contribution in [2.45, 2.75) is 72.5 Å². The van der Waals surface area contributed by atoms with Crippen molar-refractivity contribution in [1.29, 1.82) is 0 Å². The van der Waals surface area contributed by atoms with Gasteiger partial charge in [0.2, 0.25) is 0 Å². The molecule has 1 N–H and O–H groups in total. The fourth-order valence-electron chi connectivity index (χ4n) is 6.16. The molecule has 0 aromatic heterocycles. The average molecular weight is 494 g/mol. The van der Waals surface area contributed by atoms with E-state index in [2.05, 4.69) is 146 Å². The summed E-state index contributed by atoms with van der Waals surface area (Å²) in [4.78, 5) is 0. The Morgan fingerprint density at radius 2 is 1.22 bits per heavy atom. The Bertz CT molecular complexity index is 1250. The van der Waals surface area contributed by atoms with Crippen LogP contribution in [0.1, 0.15) is 65.2 Å². The van der Waals surface area contributed by atoms with Crippen LogP contribution in [0, 0.1) is 5.92 Å². The molecule has 0 saturated heterocycles. The van der Waals surface area contributed by atoms with Crippen molar-refractivity contribution in [2.24, 2.45) is 5.92 Å². The number of hydrogen-bond donors (Lipinski definition) is 1. The SMILES string of the molecule is CC1=C(C)C(C)C(C(c2ccccc2)(c2ccccc2)c2cccc([SiH](C)C)c2NC(C)(C)C)=C1C. The van der Waals surface area contributed by atoms with E-state index < -0.39 is 14.2 Å². The molecule has 2 heteroatoms. The monoisotopic (exact) mass is 493 g/mol. The number of allylic oxidation sites excluding steroid dienone is 4. The molecule has 0 radical (unpaired) electrons. The Kier molecular flexibility index (Phi) is 7.21. The maximum absolute atomic E-state index is 4.02. The molecule has 1 aliphatic carbocycles. The second-order valence-electron chi connectivity index (χ2n) is 11.8. The zero-order valence-electron chi connectivity index (χ0n) is 23.7. The van der Waals surface area contributed by atoms with Crippen LogP contribution >= 0.6 is 0 Å². The number of para-hydroxylation sites is 1. The highest BCUT2D eigenvalue weighted by molar-refractivity contribution is 6.72. The van der Waals surface area contributed by atoms with Crippen molar-refractivity contribution in [3.63, 3.8) is 0 Å². The molecular weight excluding hydrogens is 450 g/mol. The predicted octanol–water partition coefficient (Wildman–Crippen LogP) is 8.23. The van der Waals surface area contributed by atoms with Crippen molar-refractivity contribution >= 4 is 19.7 Å². The van der Waals surface area contributed by atoms with Crippen molar-refractivity contribution in [3.05, 3.63) is 118 Å². The van der Waals surface area contributed by atoms with Crippen molar-refractivity contribution in [3.8, 4) is 0 Å². The lowest BCUT2D eigenvalue weighted by atomic mass is 9.61. The third-order valence-corrected chi connectivity index (χ3v) is 9.81. The molecule has 0 amide bonds. The normalized spacial score (nSPS) is 16.8. The van der Waals surface area contributed by atoms with E-state index in [0.717, 1.165) is 0 Å². The molecule has 3 aromatic rings. The van der Waals surface area contributed by atoms with Gasteiger partial charge in [-0.05, 0) is 80.1 Å². The highest BCUT2D eigenvalue weighted by Gasteiger charge is 2.47. The van der Waals surface area contributed by atoms with Gasteiger partial charge in [-0.25, -0.2) is 0 Å². The molecule has 3 aromatic carbocycles. The van der Waals surface area contributed by atoms with Gasteiger partial charge in [0.05, 0.1) is 14.2 Å². The van der Waals surface area contributed by atoms with Gasteiger partial charge in [-0.1, -0.05) is 104 Å². The molecule has 36 heavy (non-hydrogen) atoms. The lowest BCUT2D eigenvalue weighted by Gasteiger charge is -2.43. The summed E-state index contributed by atoms with van der Waals surface area (Å²) in [5.74, 6) is 0.354. The lowest BCUT2D eigenvalue weighted by Crippen LogP contribution is -2.40. The highest BCUT2D eigenvalue weighted by Crippen LogP contribution is 2.55. The third-order valence-electron chi connectivity index (χ3n) is 8.08. The van der Waals surface area contributed by atoms with Gasteiger partial charge in [0.1, 0.15) is 0 Å². The minimum absolute atomic E-state index is 0.0535. The van der Waals surface area contributed by atoms with Crippen LogP contribution in [0.4, 0.5) is 5.69 Å². The van der Waals surface area contributed by atoms with E-state index in [1.165, 1.54) is 49.9 Å². The third kappa shape index (κ3) is 4.41. The Hall–Kier alpha value is -2.84. The molecular formula is C34H43NSi. The van der Waals surface area contributed by atoms with E-state index >= 15 is 0 Å². The van der Waals surface area contributed by atoms with Crippen LogP contribution in [-0.4, -0.2) is 14.3 Å². The molecule has 4 rings (SSSR count). The van der Waals surface area contributed by atoms with Gasteiger partial charge in [0, 0.05) is 17.1 Å².